The van der Waals surface area contributed by atoms with E-state index in [0.717, 1.165) is 33.5 Å². The lowest BCUT2D eigenvalue weighted by Crippen LogP contribution is -1.97. The summed E-state index contributed by atoms with van der Waals surface area (Å²) in [6.45, 7) is 0. The van der Waals surface area contributed by atoms with Crippen molar-refractivity contribution in [1.82, 2.24) is 14.4 Å². The maximum atomic E-state index is 5.30. The highest BCUT2D eigenvalue weighted by Crippen LogP contribution is 2.49. The predicted molar refractivity (Wildman–Crippen MR) is 171 cm³/mol. The van der Waals surface area contributed by atoms with E-state index in [2.05, 4.69) is 126 Å². The van der Waals surface area contributed by atoms with Crippen LogP contribution in [0.1, 0.15) is 0 Å². The van der Waals surface area contributed by atoms with Gasteiger partial charge in [0.1, 0.15) is 0 Å². The summed E-state index contributed by atoms with van der Waals surface area (Å²) in [5.41, 5.74) is 7.73. The molecule has 7 aromatic carbocycles. The average Bonchev–Trinajstić information content (AvgIpc) is 3.57. The van der Waals surface area contributed by atoms with Crippen molar-refractivity contribution in [2.45, 2.75) is 0 Å². The van der Waals surface area contributed by atoms with E-state index in [1.165, 1.54) is 59.6 Å². The molecule has 0 N–H and O–H groups in total. The summed E-state index contributed by atoms with van der Waals surface area (Å²) < 4.78 is 2.48. The summed E-state index contributed by atoms with van der Waals surface area (Å²) in [5, 5.41) is 11.4. The molecule has 0 unspecified atom stereocenters. The fraction of sp³-hybridized carbons (Fsp3) is 0. The maximum Gasteiger partial charge on any atom is 0.162 e. The van der Waals surface area contributed by atoms with Crippen molar-refractivity contribution in [3.05, 3.63) is 127 Å². The predicted octanol–water partition coefficient (Wildman–Crippen LogP) is 9.86. The van der Waals surface area contributed by atoms with Gasteiger partial charge in [-0.2, -0.15) is 0 Å². The largest absolute Gasteiger partial charge is 0.307 e. The summed E-state index contributed by atoms with van der Waals surface area (Å²) in [5.74, 6) is 0.750. The Bertz CT molecular complexity index is 2630. The summed E-state index contributed by atoms with van der Waals surface area (Å²) in [4.78, 5) is 10.5. The van der Waals surface area contributed by atoms with Gasteiger partial charge in [0.2, 0.25) is 0 Å². The molecule has 188 valence electrons. The fourth-order valence-electron chi connectivity index (χ4n) is 7.21. The molecule has 41 heavy (non-hydrogen) atoms. The molecule has 10 rings (SSSR count). The average molecular weight is 520 g/mol. The van der Waals surface area contributed by atoms with Crippen LogP contribution in [-0.4, -0.2) is 14.4 Å². The Morgan fingerprint density at radius 1 is 0.415 bits per heavy atom. The molecular formula is C38H21N3. The highest BCUT2D eigenvalue weighted by Gasteiger charge is 2.25. The molecule has 0 aliphatic heterocycles. The summed E-state index contributed by atoms with van der Waals surface area (Å²) >= 11 is 0. The van der Waals surface area contributed by atoms with Crippen molar-refractivity contribution < 1.29 is 0 Å². The number of aromatic nitrogens is 3. The van der Waals surface area contributed by atoms with Gasteiger partial charge in [-0.3, -0.25) is 0 Å². The second-order valence-corrected chi connectivity index (χ2v) is 10.9. The van der Waals surface area contributed by atoms with Crippen LogP contribution in [0.3, 0.4) is 0 Å². The zero-order valence-electron chi connectivity index (χ0n) is 22.0. The number of fused-ring (bicyclic) bond motifs is 8. The van der Waals surface area contributed by atoms with E-state index >= 15 is 0 Å². The van der Waals surface area contributed by atoms with Crippen LogP contribution in [-0.2, 0) is 0 Å². The van der Waals surface area contributed by atoms with Gasteiger partial charge < -0.3 is 4.40 Å². The van der Waals surface area contributed by atoms with Gasteiger partial charge in [0, 0.05) is 38.1 Å². The first kappa shape index (κ1) is 21.3. The SMILES string of the molecule is c1ccc(-c2nc(-c3ccc4c5ccccc5c5ccc6c7ccccc7n7c3c4c5c67)nc3ccccc23)cc1. The number of rotatable bonds is 2. The van der Waals surface area contributed by atoms with Gasteiger partial charge in [-0.1, -0.05) is 109 Å². The van der Waals surface area contributed by atoms with Gasteiger partial charge in [-0.05, 0) is 39.7 Å². The summed E-state index contributed by atoms with van der Waals surface area (Å²) in [7, 11) is 0. The number of hydrogen-bond donors (Lipinski definition) is 0. The van der Waals surface area contributed by atoms with Crippen LogP contribution in [0.4, 0.5) is 0 Å². The van der Waals surface area contributed by atoms with E-state index in [1.54, 1.807) is 0 Å². The van der Waals surface area contributed by atoms with Crippen LogP contribution in [0.25, 0.3) is 93.2 Å². The second kappa shape index (κ2) is 7.56. The number of nitrogens with zero attached hydrogens (tertiary/aromatic N) is 3. The van der Waals surface area contributed by atoms with Crippen molar-refractivity contribution in [3.8, 4) is 22.6 Å². The molecule has 0 saturated heterocycles. The molecule has 3 heterocycles. The van der Waals surface area contributed by atoms with Gasteiger partial charge in [0.25, 0.3) is 0 Å². The third kappa shape index (κ3) is 2.63. The Hall–Kier alpha value is -5.54. The van der Waals surface area contributed by atoms with Crippen LogP contribution >= 0.6 is 0 Å². The first-order valence-electron chi connectivity index (χ1n) is 14.0. The number of para-hydroxylation sites is 2. The minimum atomic E-state index is 0.750. The standard InChI is InChI=1S/C38H21N3/c1-2-10-22(11-3-1)35-29-15-6-8-16-31(29)39-38(40-35)30-21-19-27-24-13-5-4-12-23(24)26-18-20-28-25-14-7-9-17-32(25)41-36(28)33(26)34(27)37(30)41/h1-21H. The lowest BCUT2D eigenvalue weighted by atomic mass is 9.92. The molecule has 3 aromatic heterocycles. The Morgan fingerprint density at radius 2 is 1.02 bits per heavy atom. The Labute approximate surface area is 234 Å². The molecule has 0 amide bonds. The lowest BCUT2D eigenvalue weighted by molar-refractivity contribution is 1.23. The molecule has 0 fully saturated rings. The highest BCUT2D eigenvalue weighted by molar-refractivity contribution is 6.39. The maximum absolute atomic E-state index is 5.30. The number of benzene rings is 7. The van der Waals surface area contributed by atoms with E-state index in [0.29, 0.717) is 0 Å². The molecule has 0 aliphatic rings. The van der Waals surface area contributed by atoms with Crippen LogP contribution in [0.5, 0.6) is 0 Å². The van der Waals surface area contributed by atoms with E-state index in [4.69, 9.17) is 9.97 Å². The Morgan fingerprint density at radius 3 is 1.83 bits per heavy atom. The van der Waals surface area contributed by atoms with Crippen LogP contribution in [0.2, 0.25) is 0 Å². The molecule has 0 atom stereocenters. The number of hydrogen-bond acceptors (Lipinski definition) is 2. The molecule has 10 aromatic rings. The van der Waals surface area contributed by atoms with Crippen molar-refractivity contribution in [2.24, 2.45) is 0 Å². The monoisotopic (exact) mass is 519 g/mol. The van der Waals surface area contributed by atoms with Crippen molar-refractivity contribution in [2.75, 3.05) is 0 Å². The van der Waals surface area contributed by atoms with Crippen LogP contribution in [0.15, 0.2) is 127 Å². The molecule has 3 heteroatoms. The van der Waals surface area contributed by atoms with Crippen LogP contribution < -0.4 is 0 Å². The quantitative estimate of drug-likeness (QED) is 0.213. The third-order valence-electron chi connectivity index (χ3n) is 8.89. The minimum absolute atomic E-state index is 0.750. The van der Waals surface area contributed by atoms with E-state index in [1.807, 2.05) is 6.07 Å². The first-order chi connectivity index (χ1) is 20.4. The molecule has 0 radical (unpaired) electrons. The highest BCUT2D eigenvalue weighted by atomic mass is 14.9. The summed E-state index contributed by atoms with van der Waals surface area (Å²) in [6, 6.07) is 45.5. The van der Waals surface area contributed by atoms with E-state index < -0.39 is 0 Å². The molecule has 3 nitrogen and oxygen atoms in total. The lowest BCUT2D eigenvalue weighted by Gasteiger charge is -2.13. The summed E-state index contributed by atoms with van der Waals surface area (Å²) in [6.07, 6.45) is 0. The first-order valence-corrected chi connectivity index (χ1v) is 14.0. The van der Waals surface area contributed by atoms with Crippen molar-refractivity contribution >= 4 is 70.5 Å². The third-order valence-corrected chi connectivity index (χ3v) is 8.89. The minimum Gasteiger partial charge on any atom is -0.307 e. The second-order valence-electron chi connectivity index (χ2n) is 10.9. The molecule has 0 saturated carbocycles. The molecule has 0 aliphatic carbocycles. The van der Waals surface area contributed by atoms with Gasteiger partial charge in [0.15, 0.2) is 5.82 Å². The topological polar surface area (TPSA) is 30.2 Å². The fourth-order valence-corrected chi connectivity index (χ4v) is 7.21. The Kier molecular flexibility index (Phi) is 3.93. The Balaban J connectivity index is 1.45. The van der Waals surface area contributed by atoms with Gasteiger partial charge >= 0.3 is 0 Å². The van der Waals surface area contributed by atoms with Crippen molar-refractivity contribution in [3.63, 3.8) is 0 Å². The van der Waals surface area contributed by atoms with Crippen molar-refractivity contribution in [1.29, 1.82) is 0 Å². The zero-order chi connectivity index (χ0) is 26.7. The zero-order valence-corrected chi connectivity index (χ0v) is 22.0. The van der Waals surface area contributed by atoms with Gasteiger partial charge in [-0.15, -0.1) is 0 Å². The normalized spacial score (nSPS) is 12.4. The molecular weight excluding hydrogens is 498 g/mol. The van der Waals surface area contributed by atoms with Gasteiger partial charge in [0.05, 0.1) is 27.8 Å². The van der Waals surface area contributed by atoms with Crippen LogP contribution in [0, 0.1) is 0 Å². The van der Waals surface area contributed by atoms with E-state index in [9.17, 15) is 0 Å². The smallest absolute Gasteiger partial charge is 0.162 e. The molecule has 0 bridgehead atoms. The van der Waals surface area contributed by atoms with Gasteiger partial charge in [-0.25, -0.2) is 9.97 Å². The molecule has 0 spiro atoms. The van der Waals surface area contributed by atoms with E-state index in [-0.39, 0.29) is 0 Å².